The molecule has 0 saturated carbocycles. The zero-order valence-electron chi connectivity index (χ0n) is 14.3. The van der Waals surface area contributed by atoms with Crippen LogP contribution in [0.4, 0.5) is 0 Å². The maximum Gasteiger partial charge on any atom is 0.223 e. The number of hydrogen-bond donors (Lipinski definition) is 0. The van der Waals surface area contributed by atoms with E-state index < -0.39 is 0 Å². The molecular weight excluding hydrogens is 370 g/mol. The molecule has 1 aromatic carbocycles. The maximum atomic E-state index is 12.5. The van der Waals surface area contributed by atoms with Crippen molar-refractivity contribution in [3.63, 3.8) is 0 Å². The molecule has 0 radical (unpaired) electrons. The molecule has 0 aliphatic carbocycles. The molecule has 4 nitrogen and oxygen atoms in total. The number of Topliss-reactive ketones (excluding diaryl/α,β-unsaturated/α-hetero) is 2. The van der Waals surface area contributed by atoms with Crippen LogP contribution in [0.2, 0.25) is 4.34 Å². The minimum absolute atomic E-state index is 0.0217. The lowest BCUT2D eigenvalue weighted by Crippen LogP contribution is -2.40. The van der Waals surface area contributed by atoms with E-state index in [0.717, 1.165) is 5.56 Å². The Hall–Kier alpha value is -1.98. The third kappa shape index (κ3) is 4.59. The zero-order valence-corrected chi connectivity index (χ0v) is 15.9. The van der Waals surface area contributed by atoms with Gasteiger partial charge in [0.2, 0.25) is 5.91 Å². The Kier molecular flexibility index (Phi) is 6.22. The van der Waals surface area contributed by atoms with E-state index >= 15 is 0 Å². The predicted molar refractivity (Wildman–Crippen MR) is 103 cm³/mol. The number of halogens is 1. The van der Waals surface area contributed by atoms with Crippen molar-refractivity contribution in [2.24, 2.45) is 5.92 Å². The van der Waals surface area contributed by atoms with Crippen LogP contribution in [-0.2, 0) is 4.79 Å². The molecule has 2 heterocycles. The number of rotatable bonds is 6. The largest absolute Gasteiger partial charge is 0.343 e. The number of carbonyl (C=O) groups is 3. The fourth-order valence-corrected chi connectivity index (χ4v) is 4.21. The van der Waals surface area contributed by atoms with Gasteiger partial charge in [-0.15, -0.1) is 11.3 Å². The first-order chi connectivity index (χ1) is 12.5. The smallest absolute Gasteiger partial charge is 0.223 e. The first-order valence-electron chi connectivity index (χ1n) is 8.70. The maximum absolute atomic E-state index is 12.5. The van der Waals surface area contributed by atoms with Gasteiger partial charge >= 0.3 is 0 Å². The van der Waals surface area contributed by atoms with Crippen molar-refractivity contribution in [3.05, 3.63) is 57.2 Å². The molecule has 2 aromatic rings. The van der Waals surface area contributed by atoms with Crippen LogP contribution in [-0.4, -0.2) is 35.5 Å². The summed E-state index contributed by atoms with van der Waals surface area (Å²) in [4.78, 5) is 39.3. The van der Waals surface area contributed by atoms with Crippen molar-refractivity contribution in [1.82, 2.24) is 4.90 Å². The number of benzene rings is 1. The highest BCUT2D eigenvalue weighted by molar-refractivity contribution is 7.18. The van der Waals surface area contributed by atoms with E-state index in [-0.39, 0.29) is 36.2 Å². The van der Waals surface area contributed by atoms with E-state index in [1.165, 1.54) is 11.3 Å². The molecule has 0 bridgehead atoms. The molecule has 1 fully saturated rings. The van der Waals surface area contributed by atoms with Crippen molar-refractivity contribution >= 4 is 40.4 Å². The summed E-state index contributed by atoms with van der Waals surface area (Å²) < 4.78 is 0.574. The van der Waals surface area contributed by atoms with Crippen LogP contribution in [0.15, 0.2) is 42.5 Å². The number of thiophene rings is 1. The predicted octanol–water partition coefficient (Wildman–Crippen LogP) is 4.49. The molecule has 1 saturated heterocycles. The summed E-state index contributed by atoms with van der Waals surface area (Å²) in [6.07, 6.45) is 1.74. The van der Waals surface area contributed by atoms with E-state index in [1.807, 2.05) is 30.3 Å². The zero-order chi connectivity index (χ0) is 18.5. The third-order valence-corrected chi connectivity index (χ3v) is 5.96. The molecule has 6 heteroatoms. The number of carbonyl (C=O) groups excluding carboxylic acids is 3. The van der Waals surface area contributed by atoms with Crippen LogP contribution < -0.4 is 0 Å². The molecule has 1 aliphatic rings. The van der Waals surface area contributed by atoms with E-state index in [0.29, 0.717) is 35.1 Å². The summed E-state index contributed by atoms with van der Waals surface area (Å²) in [5.41, 5.74) is 0.734. The van der Waals surface area contributed by atoms with Gasteiger partial charge in [-0.2, -0.15) is 0 Å². The molecular formula is C20H20ClNO3S. The lowest BCUT2D eigenvalue weighted by Gasteiger charge is -2.31. The van der Waals surface area contributed by atoms with Crippen LogP contribution in [0.1, 0.15) is 45.7 Å². The van der Waals surface area contributed by atoms with Crippen LogP contribution in [0, 0.1) is 5.92 Å². The highest BCUT2D eigenvalue weighted by Gasteiger charge is 2.28. The third-order valence-electron chi connectivity index (χ3n) is 4.69. The Labute approximate surface area is 161 Å². The number of likely N-dealkylation sites (tertiary alicyclic amines) is 1. The summed E-state index contributed by atoms with van der Waals surface area (Å²) in [6, 6.07) is 12.7. The first kappa shape index (κ1) is 18.8. The van der Waals surface area contributed by atoms with Gasteiger partial charge < -0.3 is 4.90 Å². The van der Waals surface area contributed by atoms with Crippen LogP contribution in [0.25, 0.3) is 0 Å². The Morgan fingerprint density at radius 3 is 2.31 bits per heavy atom. The molecule has 3 rings (SSSR count). The second kappa shape index (κ2) is 8.60. The van der Waals surface area contributed by atoms with Gasteiger partial charge in [0.25, 0.3) is 0 Å². The second-order valence-corrected chi connectivity index (χ2v) is 8.13. The van der Waals surface area contributed by atoms with Crippen molar-refractivity contribution in [3.8, 4) is 0 Å². The van der Waals surface area contributed by atoms with Gasteiger partial charge in [-0.25, -0.2) is 0 Å². The number of nitrogens with zero attached hydrogens (tertiary/aromatic N) is 1. The highest BCUT2D eigenvalue weighted by atomic mass is 35.5. The molecule has 1 aliphatic heterocycles. The SMILES string of the molecule is O=C(CCC(=O)N1CCC(C(=O)c2ccccc2)CC1)c1ccc(Cl)s1. The Morgan fingerprint density at radius 1 is 1.00 bits per heavy atom. The van der Waals surface area contributed by atoms with Gasteiger partial charge in [0.05, 0.1) is 9.21 Å². The fourth-order valence-electron chi connectivity index (χ4n) is 3.20. The summed E-state index contributed by atoms with van der Waals surface area (Å²) in [5.74, 6) is 0.0507. The summed E-state index contributed by atoms with van der Waals surface area (Å²) in [5, 5.41) is 0. The second-order valence-electron chi connectivity index (χ2n) is 6.41. The molecule has 26 heavy (non-hydrogen) atoms. The topological polar surface area (TPSA) is 54.5 Å². The number of ketones is 2. The Morgan fingerprint density at radius 2 is 1.69 bits per heavy atom. The van der Waals surface area contributed by atoms with Crippen molar-refractivity contribution in [1.29, 1.82) is 0 Å². The highest BCUT2D eigenvalue weighted by Crippen LogP contribution is 2.24. The van der Waals surface area contributed by atoms with Crippen LogP contribution in [0.3, 0.4) is 0 Å². The number of amides is 1. The molecule has 0 atom stereocenters. The van der Waals surface area contributed by atoms with Crippen LogP contribution in [0.5, 0.6) is 0 Å². The van der Waals surface area contributed by atoms with E-state index in [4.69, 9.17) is 11.6 Å². The van der Waals surface area contributed by atoms with E-state index in [1.54, 1.807) is 17.0 Å². The van der Waals surface area contributed by atoms with Gasteiger partial charge in [-0.3, -0.25) is 14.4 Å². The van der Waals surface area contributed by atoms with E-state index in [2.05, 4.69) is 0 Å². The summed E-state index contributed by atoms with van der Waals surface area (Å²) in [7, 11) is 0. The average molecular weight is 390 g/mol. The molecule has 0 N–H and O–H groups in total. The minimum Gasteiger partial charge on any atom is -0.343 e. The first-order valence-corrected chi connectivity index (χ1v) is 9.89. The van der Waals surface area contributed by atoms with E-state index in [9.17, 15) is 14.4 Å². The molecule has 0 unspecified atom stereocenters. The van der Waals surface area contributed by atoms with Gasteiger partial charge in [0, 0.05) is 37.4 Å². The van der Waals surface area contributed by atoms with Gasteiger partial charge in [-0.05, 0) is 25.0 Å². The summed E-state index contributed by atoms with van der Waals surface area (Å²) in [6.45, 7) is 1.14. The normalized spacial score (nSPS) is 15.0. The molecule has 1 amide bonds. The standard InChI is InChI=1S/C20H20ClNO3S/c21-18-8-7-17(26-18)16(23)6-9-19(24)22-12-10-15(11-13-22)20(25)14-4-2-1-3-5-14/h1-5,7-8,15H,6,9-13H2. The summed E-state index contributed by atoms with van der Waals surface area (Å²) >= 11 is 7.07. The molecule has 1 aromatic heterocycles. The van der Waals surface area contributed by atoms with Crippen LogP contribution >= 0.6 is 22.9 Å². The lowest BCUT2D eigenvalue weighted by molar-refractivity contribution is -0.132. The van der Waals surface area contributed by atoms with Crippen molar-refractivity contribution < 1.29 is 14.4 Å². The lowest BCUT2D eigenvalue weighted by atomic mass is 9.89. The molecule has 0 spiro atoms. The minimum atomic E-state index is -0.0515. The molecule has 136 valence electrons. The Bertz CT molecular complexity index is 794. The average Bonchev–Trinajstić information content (AvgIpc) is 3.12. The van der Waals surface area contributed by atoms with Gasteiger partial charge in [0.1, 0.15) is 0 Å². The monoisotopic (exact) mass is 389 g/mol. The van der Waals surface area contributed by atoms with Gasteiger partial charge in [0.15, 0.2) is 11.6 Å². The quantitative estimate of drug-likeness (QED) is 0.684. The number of piperidine rings is 1. The van der Waals surface area contributed by atoms with Crippen molar-refractivity contribution in [2.75, 3.05) is 13.1 Å². The fraction of sp³-hybridized carbons (Fsp3) is 0.350. The number of hydrogen-bond acceptors (Lipinski definition) is 4. The van der Waals surface area contributed by atoms with Gasteiger partial charge in [-0.1, -0.05) is 41.9 Å². The van der Waals surface area contributed by atoms with Crippen molar-refractivity contribution in [2.45, 2.75) is 25.7 Å². The Balaban J connectivity index is 1.46.